The molecule has 1 aliphatic heterocycles. The quantitative estimate of drug-likeness (QED) is 0.772. The molecule has 1 aromatic carbocycles. The van der Waals surface area contributed by atoms with Crippen LogP contribution in [0.2, 0.25) is 0 Å². The van der Waals surface area contributed by atoms with Gasteiger partial charge in [-0.1, -0.05) is 23.4 Å². The minimum absolute atomic E-state index is 0.503. The first-order valence-electron chi connectivity index (χ1n) is 5.09. The Hall–Kier alpha value is -1.88. The number of benzene rings is 1. The van der Waals surface area contributed by atoms with Crippen LogP contribution in [-0.2, 0) is 5.54 Å². The topological polar surface area (TPSA) is 74.2 Å². The summed E-state index contributed by atoms with van der Waals surface area (Å²) in [6, 6.07) is 7.68. The molecule has 5 nitrogen and oxygen atoms in total. The standard InChI is InChI=1S/C11H11N3O2/c12-11(10-13-7-16-14-10)5-6-15-9-4-2-1-3-8(9)11/h1-4,7H,5-6,12H2. The monoisotopic (exact) mass is 217 g/mol. The van der Waals surface area contributed by atoms with E-state index in [0.29, 0.717) is 18.9 Å². The first-order valence-corrected chi connectivity index (χ1v) is 5.09. The Morgan fingerprint density at radius 1 is 1.31 bits per heavy atom. The molecule has 3 rings (SSSR count). The summed E-state index contributed by atoms with van der Waals surface area (Å²) in [5.41, 5.74) is 6.57. The molecule has 2 aromatic rings. The van der Waals surface area contributed by atoms with Gasteiger partial charge in [0, 0.05) is 12.0 Å². The van der Waals surface area contributed by atoms with Crippen LogP contribution in [0.5, 0.6) is 5.75 Å². The highest BCUT2D eigenvalue weighted by Crippen LogP contribution is 2.37. The van der Waals surface area contributed by atoms with Crippen molar-refractivity contribution in [1.82, 2.24) is 10.1 Å². The van der Waals surface area contributed by atoms with Crippen molar-refractivity contribution in [1.29, 1.82) is 0 Å². The summed E-state index contributed by atoms with van der Waals surface area (Å²) >= 11 is 0. The molecule has 0 fully saturated rings. The van der Waals surface area contributed by atoms with Gasteiger partial charge in [0.15, 0.2) is 5.82 Å². The van der Waals surface area contributed by atoms with E-state index in [0.717, 1.165) is 11.3 Å². The zero-order valence-corrected chi connectivity index (χ0v) is 8.59. The molecule has 16 heavy (non-hydrogen) atoms. The highest BCUT2D eigenvalue weighted by molar-refractivity contribution is 5.44. The van der Waals surface area contributed by atoms with E-state index < -0.39 is 5.54 Å². The van der Waals surface area contributed by atoms with Crippen LogP contribution in [0.15, 0.2) is 35.2 Å². The second-order valence-corrected chi connectivity index (χ2v) is 3.82. The van der Waals surface area contributed by atoms with Crippen LogP contribution in [0.4, 0.5) is 0 Å². The molecule has 1 atom stereocenters. The van der Waals surface area contributed by atoms with E-state index in [1.807, 2.05) is 24.3 Å². The van der Waals surface area contributed by atoms with Crippen LogP contribution in [-0.4, -0.2) is 16.7 Å². The van der Waals surface area contributed by atoms with Crippen molar-refractivity contribution in [3.63, 3.8) is 0 Å². The smallest absolute Gasteiger partial charge is 0.213 e. The fourth-order valence-electron chi connectivity index (χ4n) is 2.02. The predicted octanol–water partition coefficient (Wildman–Crippen LogP) is 1.05. The van der Waals surface area contributed by atoms with Gasteiger partial charge < -0.3 is 15.0 Å². The lowest BCUT2D eigenvalue weighted by Crippen LogP contribution is -2.43. The Morgan fingerprint density at radius 2 is 2.19 bits per heavy atom. The molecule has 0 aliphatic carbocycles. The van der Waals surface area contributed by atoms with Crippen LogP contribution in [0, 0.1) is 0 Å². The minimum atomic E-state index is -0.707. The first kappa shape index (κ1) is 9.35. The van der Waals surface area contributed by atoms with Gasteiger partial charge in [-0.2, -0.15) is 4.98 Å². The third-order valence-corrected chi connectivity index (χ3v) is 2.88. The Labute approximate surface area is 92.2 Å². The molecule has 5 heteroatoms. The number of nitrogens with zero attached hydrogens (tertiary/aromatic N) is 2. The summed E-state index contributed by atoms with van der Waals surface area (Å²) < 4.78 is 10.3. The van der Waals surface area contributed by atoms with Crippen molar-refractivity contribution in [3.05, 3.63) is 42.0 Å². The van der Waals surface area contributed by atoms with Gasteiger partial charge in [0.1, 0.15) is 11.3 Å². The van der Waals surface area contributed by atoms with Gasteiger partial charge in [-0.25, -0.2) is 0 Å². The maximum Gasteiger partial charge on any atom is 0.213 e. The van der Waals surface area contributed by atoms with Crippen LogP contribution in [0.25, 0.3) is 0 Å². The largest absolute Gasteiger partial charge is 0.493 e. The molecular weight excluding hydrogens is 206 g/mol. The van der Waals surface area contributed by atoms with E-state index in [-0.39, 0.29) is 0 Å². The third-order valence-electron chi connectivity index (χ3n) is 2.88. The molecule has 0 bridgehead atoms. The molecule has 0 saturated heterocycles. The lowest BCUT2D eigenvalue weighted by Gasteiger charge is -2.32. The zero-order chi connectivity index (χ0) is 11.0. The van der Waals surface area contributed by atoms with Crippen molar-refractivity contribution in [2.24, 2.45) is 5.73 Å². The van der Waals surface area contributed by atoms with E-state index in [2.05, 4.69) is 10.1 Å². The van der Waals surface area contributed by atoms with Gasteiger partial charge in [-0.15, -0.1) is 0 Å². The second kappa shape index (κ2) is 3.31. The number of para-hydroxylation sites is 1. The van der Waals surface area contributed by atoms with E-state index in [1.165, 1.54) is 6.39 Å². The third kappa shape index (κ3) is 1.22. The van der Waals surface area contributed by atoms with Crippen molar-refractivity contribution in [3.8, 4) is 5.75 Å². The van der Waals surface area contributed by atoms with Crippen LogP contribution >= 0.6 is 0 Å². The summed E-state index contributed by atoms with van der Waals surface area (Å²) in [7, 11) is 0. The van der Waals surface area contributed by atoms with Gasteiger partial charge >= 0.3 is 0 Å². The Bertz CT molecular complexity index is 498. The normalized spacial score (nSPS) is 23.6. The predicted molar refractivity (Wildman–Crippen MR) is 55.8 cm³/mol. The van der Waals surface area contributed by atoms with Gasteiger partial charge in [-0.05, 0) is 6.07 Å². The maximum atomic E-state index is 6.37. The average molecular weight is 217 g/mol. The number of fused-ring (bicyclic) bond motifs is 1. The van der Waals surface area contributed by atoms with Crippen molar-refractivity contribution < 1.29 is 9.26 Å². The average Bonchev–Trinajstić information content (AvgIpc) is 2.84. The Balaban J connectivity index is 2.17. The summed E-state index contributed by atoms with van der Waals surface area (Å²) in [5.74, 6) is 1.30. The highest BCUT2D eigenvalue weighted by Gasteiger charge is 2.39. The fourth-order valence-corrected chi connectivity index (χ4v) is 2.02. The lowest BCUT2D eigenvalue weighted by molar-refractivity contribution is 0.229. The summed E-state index contributed by atoms with van der Waals surface area (Å²) in [4.78, 5) is 4.05. The SMILES string of the molecule is NC1(c2ncon2)CCOc2ccccc21. The number of hydrogen-bond donors (Lipinski definition) is 1. The maximum absolute atomic E-state index is 6.37. The molecule has 0 amide bonds. The Morgan fingerprint density at radius 3 is 3.00 bits per heavy atom. The summed E-state index contributed by atoms with van der Waals surface area (Å²) in [6.07, 6.45) is 1.94. The second-order valence-electron chi connectivity index (χ2n) is 3.82. The lowest BCUT2D eigenvalue weighted by atomic mass is 9.85. The zero-order valence-electron chi connectivity index (χ0n) is 8.59. The molecule has 2 heterocycles. The van der Waals surface area contributed by atoms with E-state index in [9.17, 15) is 0 Å². The molecule has 82 valence electrons. The summed E-state index contributed by atoms with van der Waals surface area (Å²) in [6.45, 7) is 0.558. The van der Waals surface area contributed by atoms with E-state index in [1.54, 1.807) is 0 Å². The molecule has 1 aromatic heterocycles. The number of rotatable bonds is 1. The van der Waals surface area contributed by atoms with Gasteiger partial charge in [0.25, 0.3) is 0 Å². The van der Waals surface area contributed by atoms with Crippen LogP contribution < -0.4 is 10.5 Å². The molecule has 2 N–H and O–H groups in total. The van der Waals surface area contributed by atoms with Crippen molar-refractivity contribution >= 4 is 0 Å². The first-order chi connectivity index (χ1) is 7.81. The molecule has 1 aliphatic rings. The van der Waals surface area contributed by atoms with Crippen LogP contribution in [0.1, 0.15) is 17.8 Å². The van der Waals surface area contributed by atoms with E-state index >= 15 is 0 Å². The fraction of sp³-hybridized carbons (Fsp3) is 0.273. The van der Waals surface area contributed by atoms with Crippen LogP contribution in [0.3, 0.4) is 0 Å². The van der Waals surface area contributed by atoms with E-state index in [4.69, 9.17) is 15.0 Å². The molecular formula is C11H11N3O2. The molecule has 0 spiro atoms. The number of hydrogen-bond acceptors (Lipinski definition) is 5. The number of aromatic nitrogens is 2. The molecule has 1 unspecified atom stereocenters. The number of ether oxygens (including phenoxy) is 1. The van der Waals surface area contributed by atoms with Crippen molar-refractivity contribution in [2.75, 3.05) is 6.61 Å². The molecule has 0 saturated carbocycles. The van der Waals surface area contributed by atoms with Crippen molar-refractivity contribution in [2.45, 2.75) is 12.0 Å². The van der Waals surface area contributed by atoms with Gasteiger partial charge in [0.2, 0.25) is 6.39 Å². The van der Waals surface area contributed by atoms with Gasteiger partial charge in [-0.3, -0.25) is 0 Å². The Kier molecular flexibility index (Phi) is 1.94. The summed E-state index contributed by atoms with van der Waals surface area (Å²) in [5, 5.41) is 3.84. The molecule has 0 radical (unpaired) electrons. The van der Waals surface area contributed by atoms with Gasteiger partial charge in [0.05, 0.1) is 6.61 Å². The minimum Gasteiger partial charge on any atom is -0.493 e. The highest BCUT2D eigenvalue weighted by atomic mass is 16.5. The number of nitrogens with two attached hydrogens (primary N) is 1.